The summed E-state index contributed by atoms with van der Waals surface area (Å²) in [7, 11) is 0. The van der Waals surface area contributed by atoms with Gasteiger partial charge in [0.25, 0.3) is 5.91 Å². The fourth-order valence-corrected chi connectivity index (χ4v) is 2.57. The van der Waals surface area contributed by atoms with Crippen LogP contribution in [0.3, 0.4) is 0 Å². The molecule has 1 saturated heterocycles. The maximum Gasteiger partial charge on any atom is 0.251 e. The molecule has 5 nitrogen and oxygen atoms in total. The van der Waals surface area contributed by atoms with Gasteiger partial charge in [0.2, 0.25) is 5.91 Å². The van der Waals surface area contributed by atoms with Gasteiger partial charge in [-0.05, 0) is 31.0 Å². The second-order valence-electron chi connectivity index (χ2n) is 5.34. The lowest BCUT2D eigenvalue weighted by atomic mass is 10.1. The third-order valence-corrected chi connectivity index (χ3v) is 3.74. The Hall–Kier alpha value is -2.35. The highest BCUT2D eigenvalue weighted by Crippen LogP contribution is 2.30. The Morgan fingerprint density at radius 2 is 2.20 bits per heavy atom. The lowest BCUT2D eigenvalue weighted by molar-refractivity contribution is -0.128. The van der Waals surface area contributed by atoms with Crippen molar-refractivity contribution in [2.75, 3.05) is 6.54 Å². The Bertz CT molecular complexity index is 601. The Morgan fingerprint density at radius 1 is 1.40 bits per heavy atom. The van der Waals surface area contributed by atoms with Crippen molar-refractivity contribution >= 4 is 11.8 Å². The van der Waals surface area contributed by atoms with Crippen molar-refractivity contribution < 1.29 is 9.59 Å². The molecule has 1 unspecified atom stereocenters. The van der Waals surface area contributed by atoms with E-state index in [4.69, 9.17) is 5.26 Å². The number of carbonyl (C=O) groups excluding carboxylic acids is 2. The Balaban J connectivity index is 1.64. The molecular weight excluding hydrogens is 254 g/mol. The van der Waals surface area contributed by atoms with Gasteiger partial charge in [0.15, 0.2) is 0 Å². The molecule has 1 aliphatic heterocycles. The molecule has 102 valence electrons. The standard InChI is InChI=1S/C15H15N3O2/c16-8-10-2-1-3-11(6-10)15(20)17-12-7-14(19)18(9-12)13-4-5-13/h1-3,6,12-13H,4-5,7,9H2,(H,17,20). The van der Waals surface area contributed by atoms with E-state index in [2.05, 4.69) is 5.32 Å². The van der Waals surface area contributed by atoms with E-state index in [1.54, 1.807) is 24.3 Å². The Labute approximate surface area is 117 Å². The molecule has 0 radical (unpaired) electrons. The molecule has 20 heavy (non-hydrogen) atoms. The zero-order valence-corrected chi connectivity index (χ0v) is 11.0. The number of rotatable bonds is 3. The van der Waals surface area contributed by atoms with Gasteiger partial charge < -0.3 is 10.2 Å². The number of benzene rings is 1. The van der Waals surface area contributed by atoms with Crippen molar-refractivity contribution in [3.8, 4) is 6.07 Å². The van der Waals surface area contributed by atoms with Crippen molar-refractivity contribution in [1.29, 1.82) is 5.26 Å². The molecule has 0 bridgehead atoms. The van der Waals surface area contributed by atoms with Crippen LogP contribution < -0.4 is 5.32 Å². The molecule has 3 rings (SSSR count). The minimum absolute atomic E-state index is 0.124. The van der Waals surface area contributed by atoms with Crippen LogP contribution in [0.4, 0.5) is 0 Å². The van der Waals surface area contributed by atoms with E-state index in [-0.39, 0.29) is 17.9 Å². The number of nitrogens with zero attached hydrogens (tertiary/aromatic N) is 2. The molecule has 1 aromatic rings. The molecule has 0 spiro atoms. The maximum absolute atomic E-state index is 12.1. The molecule has 5 heteroatoms. The van der Waals surface area contributed by atoms with Gasteiger partial charge >= 0.3 is 0 Å². The second kappa shape index (κ2) is 4.97. The molecule has 1 N–H and O–H groups in total. The van der Waals surface area contributed by atoms with Gasteiger partial charge in [-0.1, -0.05) is 6.07 Å². The fraction of sp³-hybridized carbons (Fsp3) is 0.400. The summed E-state index contributed by atoms with van der Waals surface area (Å²) >= 11 is 0. The summed E-state index contributed by atoms with van der Waals surface area (Å²) in [4.78, 5) is 25.8. The normalized spacial score (nSPS) is 21.6. The number of nitrogens with one attached hydrogen (secondary N) is 1. The third-order valence-electron chi connectivity index (χ3n) is 3.74. The zero-order valence-electron chi connectivity index (χ0n) is 11.0. The van der Waals surface area contributed by atoms with Gasteiger partial charge in [-0.3, -0.25) is 9.59 Å². The molecule has 1 aliphatic carbocycles. The number of hydrogen-bond acceptors (Lipinski definition) is 3. The first-order chi connectivity index (χ1) is 9.67. The van der Waals surface area contributed by atoms with E-state index in [9.17, 15) is 9.59 Å². The van der Waals surface area contributed by atoms with E-state index in [1.807, 2.05) is 11.0 Å². The summed E-state index contributed by atoms with van der Waals surface area (Å²) in [5, 5.41) is 11.7. The summed E-state index contributed by atoms with van der Waals surface area (Å²) < 4.78 is 0. The van der Waals surface area contributed by atoms with E-state index >= 15 is 0 Å². The lowest BCUT2D eigenvalue weighted by Crippen LogP contribution is -2.37. The van der Waals surface area contributed by atoms with Crippen molar-refractivity contribution in [3.05, 3.63) is 35.4 Å². The highest BCUT2D eigenvalue weighted by atomic mass is 16.2. The van der Waals surface area contributed by atoms with Crippen molar-refractivity contribution in [3.63, 3.8) is 0 Å². The van der Waals surface area contributed by atoms with Crippen LogP contribution in [0.25, 0.3) is 0 Å². The first-order valence-electron chi connectivity index (χ1n) is 6.78. The average molecular weight is 269 g/mol. The van der Waals surface area contributed by atoms with Crippen LogP contribution in [-0.2, 0) is 4.79 Å². The van der Waals surface area contributed by atoms with E-state index in [1.165, 1.54) is 0 Å². The first kappa shape index (κ1) is 12.7. The molecule has 1 saturated carbocycles. The molecule has 2 fully saturated rings. The van der Waals surface area contributed by atoms with E-state index in [0.717, 1.165) is 12.8 Å². The van der Waals surface area contributed by atoms with Crippen LogP contribution in [0, 0.1) is 11.3 Å². The Morgan fingerprint density at radius 3 is 2.90 bits per heavy atom. The SMILES string of the molecule is N#Cc1cccc(C(=O)NC2CC(=O)N(C3CC3)C2)c1. The quantitative estimate of drug-likeness (QED) is 0.891. The summed E-state index contributed by atoms with van der Waals surface area (Å²) in [6, 6.07) is 8.86. The van der Waals surface area contributed by atoms with E-state index < -0.39 is 0 Å². The highest BCUT2D eigenvalue weighted by molar-refractivity contribution is 5.95. The number of nitriles is 1. The largest absolute Gasteiger partial charge is 0.347 e. The predicted molar refractivity (Wildman–Crippen MR) is 71.8 cm³/mol. The number of amides is 2. The van der Waals surface area contributed by atoms with Gasteiger partial charge in [-0.25, -0.2) is 0 Å². The fourth-order valence-electron chi connectivity index (χ4n) is 2.57. The molecule has 1 atom stereocenters. The van der Waals surface area contributed by atoms with Gasteiger partial charge in [0.05, 0.1) is 17.7 Å². The predicted octanol–water partition coefficient (Wildman–Crippen LogP) is 1.05. The number of hydrogen-bond donors (Lipinski definition) is 1. The van der Waals surface area contributed by atoms with Crippen LogP contribution >= 0.6 is 0 Å². The number of carbonyl (C=O) groups is 2. The van der Waals surface area contributed by atoms with Crippen molar-refractivity contribution in [1.82, 2.24) is 10.2 Å². The minimum atomic E-state index is -0.224. The van der Waals surface area contributed by atoms with Crippen molar-refractivity contribution in [2.45, 2.75) is 31.3 Å². The average Bonchev–Trinajstić information content (AvgIpc) is 3.23. The van der Waals surface area contributed by atoms with Crippen LogP contribution in [0.5, 0.6) is 0 Å². The first-order valence-corrected chi connectivity index (χ1v) is 6.78. The molecule has 0 aromatic heterocycles. The van der Waals surface area contributed by atoms with Gasteiger partial charge in [-0.15, -0.1) is 0 Å². The van der Waals surface area contributed by atoms with Crippen LogP contribution in [-0.4, -0.2) is 35.3 Å². The lowest BCUT2D eigenvalue weighted by Gasteiger charge is -2.16. The topological polar surface area (TPSA) is 73.2 Å². The molecule has 1 heterocycles. The van der Waals surface area contributed by atoms with Crippen LogP contribution in [0.1, 0.15) is 35.2 Å². The summed E-state index contributed by atoms with van der Waals surface area (Å²) in [6.07, 6.45) is 2.54. The maximum atomic E-state index is 12.1. The highest BCUT2D eigenvalue weighted by Gasteiger charge is 2.39. The molecule has 2 aliphatic rings. The van der Waals surface area contributed by atoms with Gasteiger partial charge in [0.1, 0.15) is 0 Å². The molecule has 1 aromatic carbocycles. The Kier molecular flexibility index (Phi) is 3.15. The molecular formula is C15H15N3O2. The second-order valence-corrected chi connectivity index (χ2v) is 5.34. The summed E-state index contributed by atoms with van der Waals surface area (Å²) in [6.45, 7) is 0.604. The summed E-state index contributed by atoms with van der Waals surface area (Å²) in [5.74, 6) is -0.0962. The minimum Gasteiger partial charge on any atom is -0.347 e. The number of likely N-dealkylation sites (tertiary alicyclic amines) is 1. The van der Waals surface area contributed by atoms with Gasteiger partial charge in [0, 0.05) is 24.6 Å². The molecule has 2 amide bonds. The summed E-state index contributed by atoms with van der Waals surface area (Å²) in [5.41, 5.74) is 0.918. The van der Waals surface area contributed by atoms with Gasteiger partial charge in [-0.2, -0.15) is 5.26 Å². The monoisotopic (exact) mass is 269 g/mol. The van der Waals surface area contributed by atoms with E-state index in [0.29, 0.717) is 30.1 Å². The van der Waals surface area contributed by atoms with Crippen LogP contribution in [0.15, 0.2) is 24.3 Å². The van der Waals surface area contributed by atoms with Crippen LogP contribution in [0.2, 0.25) is 0 Å². The van der Waals surface area contributed by atoms with Crippen molar-refractivity contribution in [2.24, 2.45) is 0 Å². The zero-order chi connectivity index (χ0) is 14.1. The smallest absolute Gasteiger partial charge is 0.251 e. The third kappa shape index (κ3) is 2.50.